The zero-order valence-electron chi connectivity index (χ0n) is 19.4. The summed E-state index contributed by atoms with van der Waals surface area (Å²) in [5.74, 6) is -2.27. The molecule has 0 fully saturated rings. The van der Waals surface area contributed by atoms with Crippen molar-refractivity contribution in [2.75, 3.05) is 6.61 Å². The standard InChI is InChI=1S/C28H27F2NO4/c1-19(32)35-18-22(15-20-7-11-24(29)12-8-20)17-27(33)26(16-21-9-13-25(30)14-10-21)31-28(34)23-5-3-2-4-6-23/h2-14,22,26H,15-18H2,1H3,(H,31,34)/t22-,26+/m1/s1. The van der Waals surface area contributed by atoms with Crippen molar-refractivity contribution < 1.29 is 27.9 Å². The molecule has 0 aromatic heterocycles. The molecule has 0 spiro atoms. The Labute approximate surface area is 203 Å². The summed E-state index contributed by atoms with van der Waals surface area (Å²) in [7, 11) is 0. The second-order valence-corrected chi connectivity index (χ2v) is 8.39. The molecule has 0 saturated heterocycles. The van der Waals surface area contributed by atoms with E-state index >= 15 is 0 Å². The summed E-state index contributed by atoms with van der Waals surface area (Å²) >= 11 is 0. The van der Waals surface area contributed by atoms with E-state index in [4.69, 9.17) is 4.74 Å². The molecule has 2 atom stereocenters. The molecule has 0 unspecified atom stereocenters. The lowest BCUT2D eigenvalue weighted by Gasteiger charge is -2.22. The predicted molar refractivity (Wildman–Crippen MR) is 128 cm³/mol. The molecule has 0 aliphatic heterocycles. The fourth-order valence-corrected chi connectivity index (χ4v) is 3.74. The Kier molecular flexibility index (Phi) is 9.23. The van der Waals surface area contributed by atoms with E-state index in [-0.39, 0.29) is 37.0 Å². The number of benzene rings is 3. The topological polar surface area (TPSA) is 72.5 Å². The lowest BCUT2D eigenvalue weighted by Crippen LogP contribution is -2.43. The molecule has 3 aromatic carbocycles. The van der Waals surface area contributed by atoms with Gasteiger partial charge in [-0.15, -0.1) is 0 Å². The van der Waals surface area contributed by atoms with Crippen LogP contribution in [0.3, 0.4) is 0 Å². The Hall–Kier alpha value is -3.87. The highest BCUT2D eigenvalue weighted by molar-refractivity contribution is 5.98. The van der Waals surface area contributed by atoms with Gasteiger partial charge in [0.05, 0.1) is 12.6 Å². The van der Waals surface area contributed by atoms with Crippen molar-refractivity contribution in [1.29, 1.82) is 0 Å². The van der Waals surface area contributed by atoms with E-state index in [1.165, 1.54) is 31.2 Å². The lowest BCUT2D eigenvalue weighted by molar-refractivity contribution is -0.143. The van der Waals surface area contributed by atoms with Crippen LogP contribution in [0, 0.1) is 17.6 Å². The summed E-state index contributed by atoms with van der Waals surface area (Å²) < 4.78 is 31.8. The van der Waals surface area contributed by atoms with Crippen LogP contribution in [-0.2, 0) is 27.2 Å². The van der Waals surface area contributed by atoms with Crippen LogP contribution in [0.4, 0.5) is 8.78 Å². The summed E-state index contributed by atoms with van der Waals surface area (Å²) in [5.41, 5.74) is 1.89. The van der Waals surface area contributed by atoms with E-state index in [2.05, 4.69) is 5.32 Å². The summed E-state index contributed by atoms with van der Waals surface area (Å²) in [6.07, 6.45) is 0.579. The maximum Gasteiger partial charge on any atom is 0.302 e. The van der Waals surface area contributed by atoms with Gasteiger partial charge in [-0.2, -0.15) is 0 Å². The molecule has 35 heavy (non-hydrogen) atoms. The summed E-state index contributed by atoms with van der Waals surface area (Å²) in [5, 5.41) is 2.80. The van der Waals surface area contributed by atoms with Crippen molar-refractivity contribution in [3.63, 3.8) is 0 Å². The van der Waals surface area contributed by atoms with E-state index in [0.717, 1.165) is 5.56 Å². The minimum absolute atomic E-state index is 0.00828. The van der Waals surface area contributed by atoms with Gasteiger partial charge in [-0.05, 0) is 60.4 Å². The van der Waals surface area contributed by atoms with Crippen LogP contribution in [0.1, 0.15) is 34.8 Å². The molecule has 0 heterocycles. The second kappa shape index (κ2) is 12.6. The third kappa shape index (κ3) is 8.45. The Morgan fingerprint density at radius 3 is 1.89 bits per heavy atom. The Morgan fingerprint density at radius 1 is 0.800 bits per heavy atom. The number of carbonyl (C=O) groups excluding carboxylic acids is 3. The molecule has 7 heteroatoms. The minimum atomic E-state index is -0.874. The molecule has 0 radical (unpaired) electrons. The van der Waals surface area contributed by atoms with Gasteiger partial charge < -0.3 is 10.1 Å². The first kappa shape index (κ1) is 25.7. The first-order valence-electron chi connectivity index (χ1n) is 11.3. The fraction of sp³-hybridized carbons (Fsp3) is 0.250. The van der Waals surface area contributed by atoms with Gasteiger partial charge in [0.25, 0.3) is 5.91 Å². The van der Waals surface area contributed by atoms with Crippen molar-refractivity contribution in [3.05, 3.63) is 107 Å². The molecule has 1 N–H and O–H groups in total. The number of halogens is 2. The number of nitrogens with one attached hydrogen (secondary N) is 1. The van der Waals surface area contributed by atoms with Gasteiger partial charge in [-0.3, -0.25) is 14.4 Å². The quantitative estimate of drug-likeness (QED) is 0.405. The lowest BCUT2D eigenvalue weighted by atomic mass is 9.90. The average molecular weight is 480 g/mol. The van der Waals surface area contributed by atoms with E-state index in [1.807, 2.05) is 0 Å². The summed E-state index contributed by atoms with van der Waals surface area (Å²) in [6.45, 7) is 1.29. The van der Waals surface area contributed by atoms with Crippen LogP contribution in [-0.4, -0.2) is 30.3 Å². The Bertz CT molecular complexity index is 1130. The number of amides is 1. The number of hydrogen-bond acceptors (Lipinski definition) is 4. The number of rotatable bonds is 11. The molecule has 0 saturated carbocycles. The smallest absolute Gasteiger partial charge is 0.302 e. The van der Waals surface area contributed by atoms with Gasteiger partial charge in [0.15, 0.2) is 5.78 Å². The van der Waals surface area contributed by atoms with Crippen LogP contribution in [0.2, 0.25) is 0 Å². The molecule has 3 aromatic rings. The molecule has 1 amide bonds. The normalized spacial score (nSPS) is 12.4. The highest BCUT2D eigenvalue weighted by Gasteiger charge is 2.26. The van der Waals surface area contributed by atoms with Crippen LogP contribution in [0.15, 0.2) is 78.9 Å². The van der Waals surface area contributed by atoms with Gasteiger partial charge in [0, 0.05) is 24.8 Å². The van der Waals surface area contributed by atoms with Gasteiger partial charge in [0.2, 0.25) is 0 Å². The number of esters is 1. The van der Waals surface area contributed by atoms with Gasteiger partial charge >= 0.3 is 5.97 Å². The fourth-order valence-electron chi connectivity index (χ4n) is 3.74. The molecule has 3 rings (SSSR count). The molecule has 0 bridgehead atoms. The van der Waals surface area contributed by atoms with Gasteiger partial charge in [-0.1, -0.05) is 42.5 Å². The molecule has 0 aliphatic rings. The van der Waals surface area contributed by atoms with Crippen molar-refractivity contribution in [3.8, 4) is 0 Å². The monoisotopic (exact) mass is 479 g/mol. The van der Waals surface area contributed by atoms with Crippen LogP contribution < -0.4 is 5.32 Å². The number of carbonyl (C=O) groups is 3. The van der Waals surface area contributed by atoms with Crippen molar-refractivity contribution in [1.82, 2.24) is 5.32 Å². The van der Waals surface area contributed by atoms with E-state index < -0.39 is 23.7 Å². The Balaban J connectivity index is 1.78. The van der Waals surface area contributed by atoms with Crippen molar-refractivity contribution >= 4 is 17.7 Å². The first-order chi connectivity index (χ1) is 16.8. The van der Waals surface area contributed by atoms with E-state index in [9.17, 15) is 23.2 Å². The highest BCUT2D eigenvalue weighted by atomic mass is 19.1. The maximum absolute atomic E-state index is 13.4. The third-order valence-corrected chi connectivity index (χ3v) is 5.53. The molecule has 0 aliphatic carbocycles. The number of ether oxygens (including phenoxy) is 1. The third-order valence-electron chi connectivity index (χ3n) is 5.53. The average Bonchev–Trinajstić information content (AvgIpc) is 2.85. The van der Waals surface area contributed by atoms with Crippen LogP contribution in [0.25, 0.3) is 0 Å². The predicted octanol–water partition coefficient (Wildman–Crippen LogP) is 4.69. The van der Waals surface area contributed by atoms with Gasteiger partial charge in [0.1, 0.15) is 11.6 Å². The molecular weight excluding hydrogens is 452 g/mol. The zero-order valence-corrected chi connectivity index (χ0v) is 19.4. The highest BCUT2D eigenvalue weighted by Crippen LogP contribution is 2.17. The van der Waals surface area contributed by atoms with Gasteiger partial charge in [-0.25, -0.2) is 8.78 Å². The second-order valence-electron chi connectivity index (χ2n) is 8.39. The Morgan fingerprint density at radius 2 is 1.34 bits per heavy atom. The number of ketones is 1. The number of hydrogen-bond donors (Lipinski definition) is 1. The molecule has 182 valence electrons. The SMILES string of the molecule is CC(=O)OC[C@@H](CC(=O)[C@H](Cc1ccc(F)cc1)NC(=O)c1ccccc1)Cc1ccc(F)cc1. The maximum atomic E-state index is 13.4. The zero-order chi connectivity index (χ0) is 25.2. The van der Waals surface area contributed by atoms with Crippen LogP contribution >= 0.6 is 0 Å². The molecular formula is C28H27F2NO4. The van der Waals surface area contributed by atoms with Crippen LogP contribution in [0.5, 0.6) is 0 Å². The van der Waals surface area contributed by atoms with E-state index in [1.54, 1.807) is 54.6 Å². The minimum Gasteiger partial charge on any atom is -0.466 e. The first-order valence-corrected chi connectivity index (χ1v) is 11.3. The largest absolute Gasteiger partial charge is 0.466 e. The van der Waals surface area contributed by atoms with Crippen molar-refractivity contribution in [2.45, 2.75) is 32.2 Å². The van der Waals surface area contributed by atoms with E-state index in [0.29, 0.717) is 17.5 Å². The van der Waals surface area contributed by atoms with Crippen molar-refractivity contribution in [2.24, 2.45) is 5.92 Å². The summed E-state index contributed by atoms with van der Waals surface area (Å²) in [4.78, 5) is 37.6. The summed E-state index contributed by atoms with van der Waals surface area (Å²) in [6, 6.07) is 19.3. The molecule has 5 nitrogen and oxygen atoms in total. The number of Topliss-reactive ketones (excluding diaryl/α,β-unsaturated/α-hetero) is 1.